The van der Waals surface area contributed by atoms with Gasteiger partial charge in [-0.25, -0.2) is 4.79 Å². The summed E-state index contributed by atoms with van der Waals surface area (Å²) in [6.45, 7) is 5.29. The number of esters is 1. The fraction of sp³-hybridized carbons (Fsp3) is 0.364. The highest BCUT2D eigenvalue weighted by Gasteiger charge is 2.20. The Morgan fingerprint density at radius 2 is 2.00 bits per heavy atom. The summed E-state index contributed by atoms with van der Waals surface area (Å²) in [6.07, 6.45) is 0. The van der Waals surface area contributed by atoms with E-state index in [1.807, 2.05) is 0 Å². The second-order valence-corrected chi connectivity index (χ2v) is 4.28. The average molecular weight is 209 g/mol. The molecule has 82 valence electrons. The van der Waals surface area contributed by atoms with Gasteiger partial charge in [-0.05, 0) is 32.9 Å². The highest BCUT2D eigenvalue weighted by atomic mass is 16.6. The standard InChI is InChI=1S/C11H15NO3/c1-11(2,3)15-10(14)8-5-4-7(12)6-9(8)13/h4-6,13H,12H2,1-3H3. The molecule has 0 aliphatic heterocycles. The summed E-state index contributed by atoms with van der Waals surface area (Å²) in [5.74, 6) is -0.718. The fourth-order valence-corrected chi connectivity index (χ4v) is 1.05. The molecule has 0 spiro atoms. The Hall–Kier alpha value is -1.71. The number of carbonyl (C=O) groups excluding carboxylic acids is 1. The van der Waals surface area contributed by atoms with E-state index >= 15 is 0 Å². The van der Waals surface area contributed by atoms with Crippen LogP contribution >= 0.6 is 0 Å². The van der Waals surface area contributed by atoms with Crippen LogP contribution in [0.1, 0.15) is 31.1 Å². The maximum absolute atomic E-state index is 11.6. The first-order valence-corrected chi connectivity index (χ1v) is 4.61. The summed E-state index contributed by atoms with van der Waals surface area (Å²) in [6, 6.07) is 4.30. The van der Waals surface area contributed by atoms with E-state index in [2.05, 4.69) is 0 Å². The number of ether oxygens (including phenoxy) is 1. The fourth-order valence-electron chi connectivity index (χ4n) is 1.05. The van der Waals surface area contributed by atoms with Crippen LogP contribution in [0.3, 0.4) is 0 Å². The van der Waals surface area contributed by atoms with Gasteiger partial charge in [0.15, 0.2) is 0 Å². The molecule has 3 N–H and O–H groups in total. The Morgan fingerprint density at radius 1 is 1.40 bits per heavy atom. The van der Waals surface area contributed by atoms with Gasteiger partial charge in [0.25, 0.3) is 0 Å². The Balaban J connectivity index is 2.92. The summed E-state index contributed by atoms with van der Waals surface area (Å²) in [4.78, 5) is 11.6. The molecule has 1 aromatic carbocycles. The van der Waals surface area contributed by atoms with Crippen LogP contribution in [0, 0.1) is 0 Å². The molecule has 4 heteroatoms. The maximum Gasteiger partial charge on any atom is 0.342 e. The van der Waals surface area contributed by atoms with Gasteiger partial charge < -0.3 is 15.6 Å². The molecule has 15 heavy (non-hydrogen) atoms. The highest BCUT2D eigenvalue weighted by molar-refractivity contribution is 5.93. The number of aromatic hydroxyl groups is 1. The number of hydrogen-bond acceptors (Lipinski definition) is 4. The van der Waals surface area contributed by atoms with E-state index in [0.717, 1.165) is 0 Å². The van der Waals surface area contributed by atoms with Crippen molar-refractivity contribution in [3.8, 4) is 5.75 Å². The molecule has 0 fully saturated rings. The molecule has 0 unspecified atom stereocenters. The van der Waals surface area contributed by atoms with Gasteiger partial charge in [-0.15, -0.1) is 0 Å². The van der Waals surface area contributed by atoms with E-state index in [1.165, 1.54) is 12.1 Å². The number of rotatable bonds is 1. The summed E-state index contributed by atoms with van der Waals surface area (Å²) >= 11 is 0. The molecule has 0 amide bonds. The molecular weight excluding hydrogens is 194 g/mol. The molecule has 0 aromatic heterocycles. The molecule has 0 radical (unpaired) electrons. The highest BCUT2D eigenvalue weighted by Crippen LogP contribution is 2.22. The van der Waals surface area contributed by atoms with Crippen molar-refractivity contribution in [2.75, 3.05) is 5.73 Å². The van der Waals surface area contributed by atoms with Crippen molar-refractivity contribution in [3.63, 3.8) is 0 Å². The first-order chi connectivity index (χ1) is 6.79. The Morgan fingerprint density at radius 3 is 2.47 bits per heavy atom. The lowest BCUT2D eigenvalue weighted by Crippen LogP contribution is -2.23. The van der Waals surface area contributed by atoms with Crippen LogP contribution in [0.2, 0.25) is 0 Å². The van der Waals surface area contributed by atoms with Crippen LogP contribution in [0.25, 0.3) is 0 Å². The summed E-state index contributed by atoms with van der Waals surface area (Å²) in [5, 5.41) is 9.48. The molecule has 1 aromatic rings. The molecule has 4 nitrogen and oxygen atoms in total. The van der Waals surface area contributed by atoms with Crippen molar-refractivity contribution < 1.29 is 14.6 Å². The van der Waals surface area contributed by atoms with Gasteiger partial charge in [0, 0.05) is 11.8 Å². The van der Waals surface area contributed by atoms with Gasteiger partial charge in [0.05, 0.1) is 0 Å². The SMILES string of the molecule is CC(C)(C)OC(=O)c1ccc(N)cc1O. The Kier molecular flexibility index (Phi) is 2.88. The lowest BCUT2D eigenvalue weighted by Gasteiger charge is -2.19. The number of benzene rings is 1. The lowest BCUT2D eigenvalue weighted by molar-refractivity contribution is 0.00669. The minimum atomic E-state index is -0.578. The predicted octanol–water partition coefficient (Wildman–Crippen LogP) is 1.93. The first-order valence-electron chi connectivity index (χ1n) is 4.61. The predicted molar refractivity (Wildman–Crippen MR) is 57.7 cm³/mol. The molecule has 0 aliphatic rings. The van der Waals surface area contributed by atoms with Crippen molar-refractivity contribution in [2.45, 2.75) is 26.4 Å². The normalized spacial score (nSPS) is 11.1. The van der Waals surface area contributed by atoms with Gasteiger partial charge >= 0.3 is 5.97 Å². The van der Waals surface area contributed by atoms with Crippen molar-refractivity contribution in [1.82, 2.24) is 0 Å². The minimum absolute atomic E-state index is 0.124. The Labute approximate surface area is 88.7 Å². The molecule has 0 saturated heterocycles. The van der Waals surface area contributed by atoms with Crippen molar-refractivity contribution in [2.24, 2.45) is 0 Å². The number of phenols is 1. The van der Waals surface area contributed by atoms with Crippen molar-refractivity contribution in [1.29, 1.82) is 0 Å². The van der Waals surface area contributed by atoms with Crippen LogP contribution in [-0.2, 0) is 4.74 Å². The quantitative estimate of drug-likeness (QED) is 0.547. The summed E-state index contributed by atoms with van der Waals surface area (Å²) in [5.41, 5.74) is 5.39. The third-order valence-electron chi connectivity index (χ3n) is 1.64. The van der Waals surface area contributed by atoms with Gasteiger partial charge in [-0.2, -0.15) is 0 Å². The van der Waals surface area contributed by atoms with Crippen molar-refractivity contribution in [3.05, 3.63) is 23.8 Å². The molecule has 0 saturated carbocycles. The zero-order chi connectivity index (χ0) is 11.6. The van der Waals surface area contributed by atoms with Crippen LogP contribution in [0.4, 0.5) is 5.69 Å². The average Bonchev–Trinajstić information content (AvgIpc) is 1.99. The number of phenolic OH excluding ortho intramolecular Hbond substituents is 1. The molecule has 0 aliphatic carbocycles. The van der Waals surface area contributed by atoms with E-state index in [-0.39, 0.29) is 11.3 Å². The number of nitrogen functional groups attached to an aromatic ring is 1. The van der Waals surface area contributed by atoms with E-state index in [4.69, 9.17) is 10.5 Å². The third-order valence-corrected chi connectivity index (χ3v) is 1.64. The number of nitrogens with two attached hydrogens (primary N) is 1. The molecule has 0 atom stereocenters. The lowest BCUT2D eigenvalue weighted by atomic mass is 10.1. The van der Waals surface area contributed by atoms with Crippen LogP contribution in [0.5, 0.6) is 5.75 Å². The third kappa shape index (κ3) is 3.16. The monoisotopic (exact) mass is 209 g/mol. The maximum atomic E-state index is 11.6. The smallest absolute Gasteiger partial charge is 0.342 e. The van der Waals surface area contributed by atoms with E-state index in [0.29, 0.717) is 5.69 Å². The summed E-state index contributed by atoms with van der Waals surface area (Å²) < 4.78 is 5.10. The van der Waals surface area contributed by atoms with Crippen LogP contribution in [0.15, 0.2) is 18.2 Å². The van der Waals surface area contributed by atoms with Gasteiger partial charge in [-0.3, -0.25) is 0 Å². The van der Waals surface area contributed by atoms with Crippen LogP contribution < -0.4 is 5.73 Å². The Bertz CT molecular complexity index is 380. The molecule has 1 rings (SSSR count). The number of anilines is 1. The zero-order valence-electron chi connectivity index (χ0n) is 9.07. The van der Waals surface area contributed by atoms with Gasteiger partial charge in [0.1, 0.15) is 16.9 Å². The zero-order valence-corrected chi connectivity index (χ0v) is 9.07. The molecule has 0 heterocycles. The van der Waals surface area contributed by atoms with E-state index in [9.17, 15) is 9.90 Å². The van der Waals surface area contributed by atoms with Gasteiger partial charge in [-0.1, -0.05) is 0 Å². The molecular formula is C11H15NO3. The topological polar surface area (TPSA) is 72.5 Å². The van der Waals surface area contributed by atoms with E-state index < -0.39 is 11.6 Å². The second kappa shape index (κ2) is 3.81. The largest absolute Gasteiger partial charge is 0.507 e. The summed E-state index contributed by atoms with van der Waals surface area (Å²) in [7, 11) is 0. The molecule has 0 bridgehead atoms. The number of carbonyl (C=O) groups is 1. The second-order valence-electron chi connectivity index (χ2n) is 4.28. The minimum Gasteiger partial charge on any atom is -0.507 e. The number of hydrogen-bond donors (Lipinski definition) is 2. The van der Waals surface area contributed by atoms with Crippen molar-refractivity contribution >= 4 is 11.7 Å². The first kappa shape index (κ1) is 11.4. The van der Waals surface area contributed by atoms with Gasteiger partial charge in [0.2, 0.25) is 0 Å². The van der Waals surface area contributed by atoms with E-state index in [1.54, 1.807) is 26.8 Å². The van der Waals surface area contributed by atoms with Crippen LogP contribution in [-0.4, -0.2) is 16.7 Å².